The Morgan fingerprint density at radius 3 is 1.44 bits per heavy atom. The molecule has 0 unspecified atom stereocenters. The first-order valence-electron chi connectivity index (χ1n) is 20.6. The predicted octanol–water partition coefficient (Wildman–Crippen LogP) is 13.7. The Balaban J connectivity index is 1.13. The van der Waals surface area contributed by atoms with Gasteiger partial charge in [-0.05, 0) is 53.6 Å². The van der Waals surface area contributed by atoms with Crippen molar-refractivity contribution in [1.29, 1.82) is 0 Å². The lowest BCUT2D eigenvalue weighted by molar-refractivity contribution is 0.667. The molecule has 0 aliphatic carbocycles. The molecule has 0 saturated heterocycles. The van der Waals surface area contributed by atoms with Crippen molar-refractivity contribution in [2.75, 3.05) is 0 Å². The average Bonchev–Trinajstić information content (AvgIpc) is 3.90. The van der Waals surface area contributed by atoms with Crippen LogP contribution in [0.3, 0.4) is 0 Å². The van der Waals surface area contributed by atoms with E-state index in [1.165, 1.54) is 0 Å². The SMILES string of the molecule is c1ccc(-c2ccc(-c3nc(-c4ccc(-n5c6ccccc6c6ccccc65)c(-c5nc(-c6ccccc6)nc(-c6ccccc6)n5)c4)nc4c3oc3ccccc34)cc2)cc1. The zero-order valence-corrected chi connectivity index (χ0v) is 33.2. The number of fused-ring (bicyclic) bond motifs is 6. The number of benzene rings is 8. The average molecular weight is 795 g/mol. The fourth-order valence-electron chi connectivity index (χ4n) is 8.53. The van der Waals surface area contributed by atoms with E-state index in [9.17, 15) is 0 Å². The van der Waals surface area contributed by atoms with E-state index in [2.05, 4.69) is 126 Å². The van der Waals surface area contributed by atoms with Crippen molar-refractivity contribution in [2.24, 2.45) is 0 Å². The second-order valence-corrected chi connectivity index (χ2v) is 15.3. The molecular formula is C55H34N6O. The fourth-order valence-corrected chi connectivity index (χ4v) is 8.53. The van der Waals surface area contributed by atoms with E-state index in [4.69, 9.17) is 29.3 Å². The zero-order chi connectivity index (χ0) is 41.0. The molecule has 0 aliphatic rings. The maximum absolute atomic E-state index is 6.54. The minimum absolute atomic E-state index is 0.531. The third-order valence-corrected chi connectivity index (χ3v) is 11.5. The Hall–Kier alpha value is -8.55. The van der Waals surface area contributed by atoms with Crippen molar-refractivity contribution < 1.29 is 4.42 Å². The third-order valence-electron chi connectivity index (χ3n) is 11.5. The van der Waals surface area contributed by atoms with Crippen molar-refractivity contribution >= 4 is 43.9 Å². The Morgan fingerprint density at radius 1 is 0.339 bits per heavy atom. The summed E-state index contributed by atoms with van der Waals surface area (Å²) in [5, 5.41) is 3.24. The molecule has 8 aromatic carbocycles. The summed E-state index contributed by atoms with van der Waals surface area (Å²) in [5.74, 6) is 2.25. The Kier molecular flexibility index (Phi) is 8.35. The number of hydrogen-bond acceptors (Lipinski definition) is 6. The summed E-state index contributed by atoms with van der Waals surface area (Å²) in [4.78, 5) is 26.2. The van der Waals surface area contributed by atoms with E-state index >= 15 is 0 Å². The molecule has 0 aliphatic heterocycles. The van der Waals surface area contributed by atoms with Crippen molar-refractivity contribution in [3.8, 4) is 73.6 Å². The van der Waals surface area contributed by atoms with E-state index in [0.29, 0.717) is 34.6 Å². The molecule has 12 rings (SSSR count). The highest BCUT2D eigenvalue weighted by Gasteiger charge is 2.23. The Bertz CT molecular complexity index is 3510. The van der Waals surface area contributed by atoms with Gasteiger partial charge in [0.25, 0.3) is 0 Å². The topological polar surface area (TPSA) is 82.5 Å². The summed E-state index contributed by atoms with van der Waals surface area (Å²) in [6.07, 6.45) is 0. The van der Waals surface area contributed by atoms with Gasteiger partial charge < -0.3 is 8.98 Å². The van der Waals surface area contributed by atoms with Gasteiger partial charge in [0.1, 0.15) is 16.8 Å². The van der Waals surface area contributed by atoms with E-state index in [-0.39, 0.29) is 0 Å². The van der Waals surface area contributed by atoms with Crippen molar-refractivity contribution in [2.45, 2.75) is 0 Å². The highest BCUT2D eigenvalue weighted by atomic mass is 16.3. The Morgan fingerprint density at radius 2 is 0.806 bits per heavy atom. The van der Waals surface area contributed by atoms with Gasteiger partial charge in [-0.3, -0.25) is 0 Å². The minimum Gasteiger partial charge on any atom is -0.452 e. The summed E-state index contributed by atoms with van der Waals surface area (Å²) >= 11 is 0. The minimum atomic E-state index is 0.531. The number of nitrogens with zero attached hydrogens (tertiary/aromatic N) is 6. The monoisotopic (exact) mass is 794 g/mol. The lowest BCUT2D eigenvalue weighted by Crippen LogP contribution is -2.04. The molecule has 7 heteroatoms. The van der Waals surface area contributed by atoms with Crippen molar-refractivity contribution in [3.05, 3.63) is 206 Å². The van der Waals surface area contributed by atoms with Crippen LogP contribution < -0.4 is 0 Å². The summed E-state index contributed by atoms with van der Waals surface area (Å²) in [5.41, 5.74) is 12.5. The van der Waals surface area contributed by atoms with Gasteiger partial charge in [0, 0.05) is 44.0 Å². The molecule has 0 fully saturated rings. The molecule has 4 heterocycles. The first-order valence-corrected chi connectivity index (χ1v) is 20.6. The molecule has 0 saturated carbocycles. The number of para-hydroxylation sites is 3. The second-order valence-electron chi connectivity index (χ2n) is 15.3. The van der Waals surface area contributed by atoms with Crippen molar-refractivity contribution in [3.63, 3.8) is 0 Å². The van der Waals surface area contributed by atoms with Gasteiger partial charge in [-0.1, -0.05) is 164 Å². The quantitative estimate of drug-likeness (QED) is 0.160. The predicted molar refractivity (Wildman–Crippen MR) is 250 cm³/mol. The normalized spacial score (nSPS) is 11.5. The van der Waals surface area contributed by atoms with Gasteiger partial charge in [0.2, 0.25) is 0 Å². The van der Waals surface area contributed by atoms with Crippen LogP contribution in [0.1, 0.15) is 0 Å². The molecular weight excluding hydrogens is 761 g/mol. The molecule has 0 spiro atoms. The molecule has 4 aromatic heterocycles. The molecule has 12 aromatic rings. The van der Waals surface area contributed by atoms with Gasteiger partial charge in [-0.15, -0.1) is 0 Å². The van der Waals surface area contributed by atoms with Crippen molar-refractivity contribution in [1.82, 2.24) is 29.5 Å². The molecule has 7 nitrogen and oxygen atoms in total. The number of aromatic nitrogens is 6. The fraction of sp³-hybridized carbons (Fsp3) is 0. The van der Waals surface area contributed by atoms with E-state index in [1.807, 2.05) is 84.9 Å². The number of hydrogen-bond donors (Lipinski definition) is 0. The molecule has 0 N–H and O–H groups in total. The molecule has 0 amide bonds. The van der Waals surface area contributed by atoms with Crippen LogP contribution in [-0.4, -0.2) is 29.5 Å². The summed E-state index contributed by atoms with van der Waals surface area (Å²) in [7, 11) is 0. The second kappa shape index (κ2) is 14.6. The van der Waals surface area contributed by atoms with E-state index in [1.54, 1.807) is 0 Å². The standard InChI is InChI=1S/C55H34N6O/c1-4-16-35(17-5-1)36-28-30-37(31-29-36)49-51-50(43-24-12-15-27-48(43)62-51)57-54(56-49)40-32-33-47(61-45-25-13-10-22-41(45)42-23-11-14-26-46(42)61)44(34-40)55-59-52(38-18-6-2-7-19-38)58-53(60-55)39-20-8-3-9-21-39/h1-34H. The van der Waals surface area contributed by atoms with E-state index in [0.717, 1.165) is 82.9 Å². The maximum Gasteiger partial charge on any atom is 0.180 e. The third kappa shape index (κ3) is 6.02. The summed E-state index contributed by atoms with van der Waals surface area (Å²) in [6, 6.07) is 70.5. The van der Waals surface area contributed by atoms with Gasteiger partial charge >= 0.3 is 0 Å². The largest absolute Gasteiger partial charge is 0.452 e. The van der Waals surface area contributed by atoms with Crippen LogP contribution >= 0.6 is 0 Å². The highest BCUT2D eigenvalue weighted by molar-refractivity contribution is 6.10. The van der Waals surface area contributed by atoms with Gasteiger partial charge in [-0.25, -0.2) is 24.9 Å². The highest BCUT2D eigenvalue weighted by Crippen LogP contribution is 2.40. The number of rotatable bonds is 7. The maximum atomic E-state index is 6.54. The van der Waals surface area contributed by atoms with Gasteiger partial charge in [-0.2, -0.15) is 0 Å². The molecule has 0 atom stereocenters. The van der Waals surface area contributed by atoms with Crippen LogP contribution in [0.2, 0.25) is 0 Å². The van der Waals surface area contributed by atoms with Crippen LogP contribution in [0.15, 0.2) is 211 Å². The van der Waals surface area contributed by atoms with Crippen LogP contribution in [-0.2, 0) is 0 Å². The van der Waals surface area contributed by atoms with Gasteiger partial charge in [0.05, 0.1) is 16.7 Å². The smallest absolute Gasteiger partial charge is 0.180 e. The summed E-state index contributed by atoms with van der Waals surface area (Å²) in [6.45, 7) is 0. The van der Waals surface area contributed by atoms with Crippen LogP contribution in [0, 0.1) is 0 Å². The lowest BCUT2D eigenvalue weighted by Gasteiger charge is -2.16. The van der Waals surface area contributed by atoms with Crippen LogP contribution in [0.25, 0.3) is 117 Å². The van der Waals surface area contributed by atoms with Crippen LogP contribution in [0.4, 0.5) is 0 Å². The van der Waals surface area contributed by atoms with Crippen LogP contribution in [0.5, 0.6) is 0 Å². The van der Waals surface area contributed by atoms with E-state index < -0.39 is 0 Å². The molecule has 0 radical (unpaired) electrons. The first kappa shape index (κ1) is 35.4. The first-order chi connectivity index (χ1) is 30.7. The van der Waals surface area contributed by atoms with Gasteiger partial charge in [0.15, 0.2) is 28.9 Å². The zero-order valence-electron chi connectivity index (χ0n) is 33.2. The lowest BCUT2D eigenvalue weighted by atomic mass is 10.0. The summed E-state index contributed by atoms with van der Waals surface area (Å²) < 4.78 is 8.85. The Labute approximate surface area is 356 Å². The molecule has 0 bridgehead atoms. The number of furan rings is 1. The molecule has 62 heavy (non-hydrogen) atoms. The molecule has 290 valence electrons.